The second-order valence-corrected chi connectivity index (χ2v) is 2.32. The summed E-state index contributed by atoms with van der Waals surface area (Å²) in [5, 5.41) is 11.4. The SMILES string of the molecule is O=C(O)C[C@@H]1COCCN1. The molecule has 0 bridgehead atoms. The Morgan fingerprint density at radius 2 is 2.60 bits per heavy atom. The molecule has 2 N–H and O–H groups in total. The van der Waals surface area contributed by atoms with Crippen LogP contribution in [-0.4, -0.2) is 36.9 Å². The zero-order chi connectivity index (χ0) is 7.40. The van der Waals surface area contributed by atoms with Crippen molar-refractivity contribution < 1.29 is 14.6 Å². The molecule has 1 saturated heterocycles. The molecular weight excluding hydrogens is 134 g/mol. The summed E-state index contributed by atoms with van der Waals surface area (Å²) in [6, 6.07) is 0.00579. The summed E-state index contributed by atoms with van der Waals surface area (Å²) in [5.74, 6) is -0.775. The molecule has 0 spiro atoms. The molecule has 0 aliphatic carbocycles. The van der Waals surface area contributed by atoms with E-state index < -0.39 is 5.97 Å². The largest absolute Gasteiger partial charge is 0.481 e. The fraction of sp³-hybridized carbons (Fsp3) is 0.833. The molecule has 0 amide bonds. The molecule has 1 fully saturated rings. The molecule has 0 aromatic carbocycles. The van der Waals surface area contributed by atoms with E-state index in [0.717, 1.165) is 6.54 Å². The molecular formula is C6H11NO3. The minimum absolute atomic E-state index is 0.00579. The van der Waals surface area contributed by atoms with Gasteiger partial charge in [0.1, 0.15) is 0 Å². The van der Waals surface area contributed by atoms with Gasteiger partial charge in [0.25, 0.3) is 0 Å². The second-order valence-electron chi connectivity index (χ2n) is 2.32. The average molecular weight is 145 g/mol. The molecule has 1 rings (SSSR count). The van der Waals surface area contributed by atoms with Crippen LogP contribution in [0.3, 0.4) is 0 Å². The summed E-state index contributed by atoms with van der Waals surface area (Å²) in [6.07, 6.45) is 0.153. The molecule has 1 aliphatic rings. The molecule has 10 heavy (non-hydrogen) atoms. The predicted molar refractivity (Wildman–Crippen MR) is 34.9 cm³/mol. The highest BCUT2D eigenvalue weighted by Crippen LogP contribution is 1.97. The van der Waals surface area contributed by atoms with E-state index in [1.165, 1.54) is 0 Å². The number of hydrogen-bond acceptors (Lipinski definition) is 3. The number of carboxylic acid groups (broad SMARTS) is 1. The minimum Gasteiger partial charge on any atom is -0.481 e. The molecule has 4 nitrogen and oxygen atoms in total. The number of rotatable bonds is 2. The van der Waals surface area contributed by atoms with Gasteiger partial charge in [-0.1, -0.05) is 0 Å². The van der Waals surface area contributed by atoms with Crippen molar-refractivity contribution in [2.45, 2.75) is 12.5 Å². The molecule has 0 radical (unpaired) electrons. The summed E-state index contributed by atoms with van der Waals surface area (Å²) in [5.41, 5.74) is 0. The van der Waals surface area contributed by atoms with Gasteiger partial charge < -0.3 is 15.2 Å². The number of carboxylic acids is 1. The van der Waals surface area contributed by atoms with Crippen LogP contribution in [0.2, 0.25) is 0 Å². The fourth-order valence-electron chi connectivity index (χ4n) is 0.962. The van der Waals surface area contributed by atoms with Gasteiger partial charge in [-0.2, -0.15) is 0 Å². The van der Waals surface area contributed by atoms with Crippen molar-refractivity contribution >= 4 is 5.97 Å². The maximum Gasteiger partial charge on any atom is 0.305 e. The Hall–Kier alpha value is -0.610. The van der Waals surface area contributed by atoms with Crippen LogP contribution < -0.4 is 5.32 Å². The van der Waals surface area contributed by atoms with Gasteiger partial charge in [-0.05, 0) is 0 Å². The normalized spacial score (nSPS) is 26.2. The van der Waals surface area contributed by atoms with E-state index >= 15 is 0 Å². The third kappa shape index (κ3) is 2.33. The molecule has 0 saturated carbocycles. The van der Waals surface area contributed by atoms with Gasteiger partial charge >= 0.3 is 5.97 Å². The number of carbonyl (C=O) groups is 1. The van der Waals surface area contributed by atoms with Gasteiger partial charge in [-0.15, -0.1) is 0 Å². The van der Waals surface area contributed by atoms with Crippen molar-refractivity contribution in [3.8, 4) is 0 Å². The van der Waals surface area contributed by atoms with Crippen molar-refractivity contribution in [1.82, 2.24) is 5.32 Å². The number of hydrogen-bond donors (Lipinski definition) is 2. The zero-order valence-corrected chi connectivity index (χ0v) is 5.67. The quantitative estimate of drug-likeness (QED) is 0.547. The van der Waals surface area contributed by atoms with E-state index in [4.69, 9.17) is 9.84 Å². The van der Waals surface area contributed by atoms with Crippen molar-refractivity contribution in [2.75, 3.05) is 19.8 Å². The van der Waals surface area contributed by atoms with E-state index in [1.54, 1.807) is 0 Å². The summed E-state index contributed by atoms with van der Waals surface area (Å²) >= 11 is 0. The average Bonchev–Trinajstić information content (AvgIpc) is 1.88. The maximum absolute atomic E-state index is 10.2. The molecule has 1 heterocycles. The number of aliphatic carboxylic acids is 1. The Balaban J connectivity index is 2.19. The van der Waals surface area contributed by atoms with Crippen LogP contribution in [0.25, 0.3) is 0 Å². The first-order valence-corrected chi connectivity index (χ1v) is 3.32. The van der Waals surface area contributed by atoms with Crippen molar-refractivity contribution in [3.63, 3.8) is 0 Å². The molecule has 1 atom stereocenters. The summed E-state index contributed by atoms with van der Waals surface area (Å²) in [6.45, 7) is 1.97. The number of morpholine rings is 1. The maximum atomic E-state index is 10.2. The van der Waals surface area contributed by atoms with Crippen LogP contribution >= 0.6 is 0 Å². The Morgan fingerprint density at radius 3 is 3.10 bits per heavy atom. The molecule has 58 valence electrons. The fourth-order valence-corrected chi connectivity index (χ4v) is 0.962. The first-order chi connectivity index (χ1) is 4.79. The second kappa shape index (κ2) is 3.53. The summed E-state index contributed by atoms with van der Waals surface area (Å²) in [7, 11) is 0. The van der Waals surface area contributed by atoms with Crippen molar-refractivity contribution in [3.05, 3.63) is 0 Å². The van der Waals surface area contributed by atoms with Gasteiger partial charge in [0.15, 0.2) is 0 Å². The number of ether oxygens (including phenoxy) is 1. The lowest BCUT2D eigenvalue weighted by atomic mass is 10.2. The Bertz CT molecular complexity index is 120. The van der Waals surface area contributed by atoms with Crippen LogP contribution in [0, 0.1) is 0 Å². The van der Waals surface area contributed by atoms with Crippen LogP contribution in [0.15, 0.2) is 0 Å². The van der Waals surface area contributed by atoms with E-state index in [1.807, 2.05) is 0 Å². The minimum atomic E-state index is -0.775. The molecule has 0 unspecified atom stereocenters. The van der Waals surface area contributed by atoms with E-state index in [2.05, 4.69) is 5.32 Å². The first-order valence-electron chi connectivity index (χ1n) is 3.32. The molecule has 0 aromatic rings. The standard InChI is InChI=1S/C6H11NO3/c8-6(9)3-5-4-10-2-1-7-5/h5,7H,1-4H2,(H,8,9)/t5-/m1/s1. The molecule has 4 heteroatoms. The Morgan fingerprint density at radius 1 is 1.80 bits per heavy atom. The van der Waals surface area contributed by atoms with Crippen LogP contribution in [-0.2, 0) is 9.53 Å². The third-order valence-electron chi connectivity index (χ3n) is 1.42. The highest BCUT2D eigenvalue weighted by atomic mass is 16.5. The van der Waals surface area contributed by atoms with Crippen LogP contribution in [0.4, 0.5) is 0 Å². The first kappa shape index (κ1) is 7.50. The monoisotopic (exact) mass is 145 g/mol. The zero-order valence-electron chi connectivity index (χ0n) is 5.67. The third-order valence-corrected chi connectivity index (χ3v) is 1.42. The van der Waals surface area contributed by atoms with Gasteiger partial charge in [-0.25, -0.2) is 0 Å². The van der Waals surface area contributed by atoms with Crippen molar-refractivity contribution in [1.29, 1.82) is 0 Å². The smallest absolute Gasteiger partial charge is 0.305 e. The lowest BCUT2D eigenvalue weighted by molar-refractivity contribution is -0.138. The summed E-state index contributed by atoms with van der Waals surface area (Å²) < 4.78 is 5.06. The predicted octanol–water partition coefficient (Wildman–Crippen LogP) is -0.550. The van der Waals surface area contributed by atoms with Gasteiger partial charge in [-0.3, -0.25) is 4.79 Å². The lowest BCUT2D eigenvalue weighted by Gasteiger charge is -2.21. The topological polar surface area (TPSA) is 58.6 Å². The highest BCUT2D eigenvalue weighted by Gasteiger charge is 2.15. The van der Waals surface area contributed by atoms with Crippen LogP contribution in [0.5, 0.6) is 0 Å². The summed E-state index contributed by atoms with van der Waals surface area (Å²) in [4.78, 5) is 10.2. The highest BCUT2D eigenvalue weighted by molar-refractivity contribution is 5.67. The number of nitrogens with one attached hydrogen (secondary N) is 1. The molecule has 1 aliphatic heterocycles. The van der Waals surface area contributed by atoms with E-state index in [0.29, 0.717) is 13.2 Å². The van der Waals surface area contributed by atoms with E-state index in [9.17, 15) is 4.79 Å². The van der Waals surface area contributed by atoms with Crippen molar-refractivity contribution in [2.24, 2.45) is 0 Å². The van der Waals surface area contributed by atoms with E-state index in [-0.39, 0.29) is 12.5 Å². The Kier molecular flexibility index (Phi) is 2.65. The Labute approximate surface area is 59.2 Å². The van der Waals surface area contributed by atoms with Gasteiger partial charge in [0.2, 0.25) is 0 Å². The van der Waals surface area contributed by atoms with Gasteiger partial charge in [0, 0.05) is 12.6 Å². The van der Waals surface area contributed by atoms with Gasteiger partial charge in [0.05, 0.1) is 19.6 Å². The molecule has 0 aromatic heterocycles. The van der Waals surface area contributed by atoms with Crippen LogP contribution in [0.1, 0.15) is 6.42 Å². The lowest BCUT2D eigenvalue weighted by Crippen LogP contribution is -2.42.